The number of imide groups is 1. The minimum absolute atomic E-state index is 0.00238. The van der Waals surface area contributed by atoms with Gasteiger partial charge in [-0.25, -0.2) is 13.8 Å². The van der Waals surface area contributed by atoms with E-state index < -0.39 is 23.5 Å². The zero-order valence-electron chi connectivity index (χ0n) is 24.9. The van der Waals surface area contributed by atoms with Gasteiger partial charge in [0, 0.05) is 47.7 Å². The van der Waals surface area contributed by atoms with Crippen LogP contribution >= 0.6 is 15.9 Å². The second-order valence-corrected chi connectivity index (χ2v) is 12.3. The Kier molecular flexibility index (Phi) is 7.84. The number of aromatic nitrogens is 2. The third-order valence-electron chi connectivity index (χ3n) is 8.33. The van der Waals surface area contributed by atoms with E-state index in [0.717, 1.165) is 27.4 Å². The van der Waals surface area contributed by atoms with Crippen molar-refractivity contribution in [3.63, 3.8) is 0 Å². The molecule has 13 heteroatoms. The van der Waals surface area contributed by atoms with Crippen molar-refractivity contribution in [1.29, 1.82) is 0 Å². The lowest BCUT2D eigenvalue weighted by Crippen LogP contribution is -2.39. The van der Waals surface area contributed by atoms with Crippen LogP contribution in [0.5, 0.6) is 0 Å². The Hall–Kier alpha value is -5.30. The fourth-order valence-electron chi connectivity index (χ4n) is 5.98. The summed E-state index contributed by atoms with van der Waals surface area (Å²) in [7, 11) is 1.69. The van der Waals surface area contributed by atoms with E-state index in [4.69, 9.17) is 4.42 Å². The molecule has 0 saturated carbocycles. The molecule has 1 unspecified atom stereocenters. The van der Waals surface area contributed by atoms with Crippen molar-refractivity contribution in [2.24, 2.45) is 7.05 Å². The van der Waals surface area contributed by atoms with Crippen molar-refractivity contribution in [2.45, 2.75) is 18.8 Å². The van der Waals surface area contributed by atoms with Crippen molar-refractivity contribution < 1.29 is 27.6 Å². The van der Waals surface area contributed by atoms with Gasteiger partial charge in [-0.15, -0.1) is 0 Å². The number of hydrogen-bond donors (Lipinski definition) is 4. The third-order valence-corrected chi connectivity index (χ3v) is 8.83. The largest absolute Gasteiger partial charge is 0.464 e. The fourth-order valence-corrected chi connectivity index (χ4v) is 6.31. The van der Waals surface area contributed by atoms with E-state index in [-0.39, 0.29) is 47.2 Å². The van der Waals surface area contributed by atoms with Crippen molar-refractivity contribution in [1.82, 2.24) is 20.2 Å². The van der Waals surface area contributed by atoms with Crippen LogP contribution in [0, 0.1) is 11.6 Å². The van der Waals surface area contributed by atoms with Gasteiger partial charge in [0.15, 0.2) is 5.82 Å². The molecule has 47 heavy (non-hydrogen) atoms. The van der Waals surface area contributed by atoms with E-state index in [0.29, 0.717) is 28.5 Å². The summed E-state index contributed by atoms with van der Waals surface area (Å²) in [4.78, 5) is 41.7. The van der Waals surface area contributed by atoms with Crippen LogP contribution in [-0.2, 0) is 16.6 Å². The topological polar surface area (TPSA) is 130 Å². The summed E-state index contributed by atoms with van der Waals surface area (Å²) in [6.07, 6.45) is 3.72. The van der Waals surface area contributed by atoms with Gasteiger partial charge < -0.3 is 24.9 Å². The maximum atomic E-state index is 15.7. The molecule has 3 amide bonds. The zero-order chi connectivity index (χ0) is 32.8. The number of amides is 3. The first-order valence-corrected chi connectivity index (χ1v) is 15.6. The normalized spacial score (nSPS) is 14.9. The number of nitrogens with zero attached hydrogens (tertiary/aromatic N) is 2. The lowest BCUT2D eigenvalue weighted by atomic mass is 9.89. The number of fused-ring (bicyclic) bond motifs is 4. The van der Waals surface area contributed by atoms with Crippen LogP contribution < -0.4 is 21.3 Å². The van der Waals surface area contributed by atoms with E-state index in [1.54, 1.807) is 23.9 Å². The second-order valence-electron chi connectivity index (χ2n) is 11.3. The highest BCUT2D eigenvalue weighted by Gasteiger charge is 2.31. The predicted molar refractivity (Wildman–Crippen MR) is 178 cm³/mol. The average molecular weight is 702 g/mol. The first-order chi connectivity index (χ1) is 22.7. The molecule has 1 saturated heterocycles. The van der Waals surface area contributed by atoms with Crippen LogP contribution in [0.15, 0.2) is 76.1 Å². The lowest BCUT2D eigenvalue weighted by molar-refractivity contribution is -0.134. The molecule has 0 bridgehead atoms. The van der Waals surface area contributed by atoms with Crippen molar-refractivity contribution in [2.75, 3.05) is 23.7 Å². The molecular formula is C34H27BrF2N6O4. The summed E-state index contributed by atoms with van der Waals surface area (Å²) in [6, 6.07) is 15.4. The molecule has 1 aliphatic rings. The van der Waals surface area contributed by atoms with Crippen LogP contribution in [0.2, 0.25) is 0 Å². The number of benzene rings is 4. The van der Waals surface area contributed by atoms with Gasteiger partial charge in [0.1, 0.15) is 16.9 Å². The molecule has 1 fully saturated rings. The van der Waals surface area contributed by atoms with Gasteiger partial charge in [-0.1, -0.05) is 28.1 Å². The number of hydrogen-bond acceptors (Lipinski definition) is 7. The van der Waals surface area contributed by atoms with Gasteiger partial charge in [0.05, 0.1) is 41.0 Å². The molecule has 1 atom stereocenters. The number of rotatable bonds is 8. The molecule has 4 N–H and O–H groups in total. The van der Waals surface area contributed by atoms with Crippen molar-refractivity contribution >= 4 is 83.5 Å². The highest BCUT2D eigenvalue weighted by molar-refractivity contribution is 9.10. The Balaban J connectivity index is 1.08. The summed E-state index contributed by atoms with van der Waals surface area (Å²) >= 11 is 3.21. The first-order valence-electron chi connectivity index (χ1n) is 14.8. The molecule has 4 aromatic carbocycles. The Labute approximate surface area is 274 Å². The second kappa shape index (κ2) is 12.1. The monoisotopic (exact) mass is 700 g/mol. The predicted octanol–water partition coefficient (Wildman–Crippen LogP) is 6.62. The number of nitrogens with one attached hydrogen (secondary N) is 4. The lowest BCUT2D eigenvalue weighted by Gasteiger charge is -2.20. The Morgan fingerprint density at radius 2 is 1.96 bits per heavy atom. The number of aryl methyl sites for hydroxylation is 1. The zero-order valence-corrected chi connectivity index (χ0v) is 26.5. The number of imidazole rings is 1. The van der Waals surface area contributed by atoms with E-state index in [1.165, 1.54) is 24.5 Å². The molecule has 7 rings (SSSR count). The number of carbonyl (C=O) groups excluding carboxylic acids is 3. The average Bonchev–Trinajstić information content (AvgIpc) is 3.65. The summed E-state index contributed by atoms with van der Waals surface area (Å²) in [6.45, 7) is 0.557. The minimum atomic E-state index is -0.766. The van der Waals surface area contributed by atoms with Gasteiger partial charge >= 0.3 is 0 Å². The quantitative estimate of drug-likeness (QED) is 0.104. The molecule has 1 aliphatic heterocycles. The van der Waals surface area contributed by atoms with Gasteiger partial charge in [-0.3, -0.25) is 19.7 Å². The van der Waals surface area contributed by atoms with E-state index in [1.807, 2.05) is 30.3 Å². The van der Waals surface area contributed by atoms with Crippen LogP contribution in [0.4, 0.5) is 25.8 Å². The third kappa shape index (κ3) is 5.67. The molecule has 238 valence electrons. The molecule has 0 spiro atoms. The van der Waals surface area contributed by atoms with Gasteiger partial charge in [0.25, 0.3) is 5.91 Å². The van der Waals surface area contributed by atoms with E-state index >= 15 is 4.39 Å². The maximum absolute atomic E-state index is 15.7. The number of carbonyl (C=O) groups is 3. The Bertz CT molecular complexity index is 2250. The van der Waals surface area contributed by atoms with Gasteiger partial charge in [-0.05, 0) is 59.7 Å². The molecule has 6 aromatic rings. The molecule has 10 nitrogen and oxygen atoms in total. The van der Waals surface area contributed by atoms with Crippen molar-refractivity contribution in [3.05, 3.63) is 94.4 Å². The number of halogens is 3. The maximum Gasteiger partial charge on any atom is 0.253 e. The summed E-state index contributed by atoms with van der Waals surface area (Å²) in [5, 5.41) is 13.9. The highest BCUT2D eigenvalue weighted by atomic mass is 79.9. The van der Waals surface area contributed by atoms with Crippen molar-refractivity contribution in [3.8, 4) is 0 Å². The first kappa shape index (κ1) is 30.4. The van der Waals surface area contributed by atoms with Crippen LogP contribution in [0.1, 0.15) is 34.7 Å². The smallest absolute Gasteiger partial charge is 0.253 e. The number of piperidine rings is 1. The fraction of sp³-hybridized carbons (Fsp3) is 0.176. The summed E-state index contributed by atoms with van der Waals surface area (Å²) in [5.41, 5.74) is 2.49. The SMILES string of the molecule is Cn1cnc2c(F)c(Nc3ccc(Br)cc3F)c(C(=O)NCCNc3ccc4c(ccc5occ(C6CCC(=O)NC6=O)c54)c3)cc21. The number of anilines is 3. The van der Waals surface area contributed by atoms with E-state index in [9.17, 15) is 18.8 Å². The highest BCUT2D eigenvalue weighted by Crippen LogP contribution is 2.38. The van der Waals surface area contributed by atoms with Crippen LogP contribution in [0.3, 0.4) is 0 Å². The summed E-state index contributed by atoms with van der Waals surface area (Å²) < 4.78 is 38.2. The van der Waals surface area contributed by atoms with Crippen LogP contribution in [-0.4, -0.2) is 40.4 Å². The molecule has 2 aromatic heterocycles. The number of furan rings is 1. The van der Waals surface area contributed by atoms with Gasteiger partial charge in [0.2, 0.25) is 11.8 Å². The molecule has 0 aliphatic carbocycles. The Morgan fingerprint density at radius 1 is 1.11 bits per heavy atom. The molecule has 3 heterocycles. The Morgan fingerprint density at radius 3 is 2.77 bits per heavy atom. The van der Waals surface area contributed by atoms with Gasteiger partial charge in [-0.2, -0.15) is 0 Å². The van der Waals surface area contributed by atoms with E-state index in [2.05, 4.69) is 42.2 Å². The molecular weight excluding hydrogens is 674 g/mol. The summed E-state index contributed by atoms with van der Waals surface area (Å²) in [5.74, 6) is -3.00. The van der Waals surface area contributed by atoms with Crippen LogP contribution in [0.25, 0.3) is 32.8 Å². The molecule has 0 radical (unpaired) electrons. The standard InChI is InChI=1S/C34H27BrF2N6O4/c1-43-16-40-32-26(43)14-22(31(30(32)37)41-25-7-3-18(35)13-24(25)36)33(45)39-11-10-38-19-4-5-20-17(12-19)2-8-27-29(20)23(15-47-27)21-6-9-28(44)42-34(21)46/h2-5,7-8,12-16,21,38,41H,6,9-11H2,1H3,(H,39,45)(H,42,44,46). The minimum Gasteiger partial charge on any atom is -0.464 e.